The van der Waals surface area contributed by atoms with Crippen LogP contribution in [-0.2, 0) is 14.3 Å². The van der Waals surface area contributed by atoms with Crippen LogP contribution in [0.1, 0.15) is 29.1 Å². The second-order valence-corrected chi connectivity index (χ2v) is 6.82. The number of hydrogen-bond donors (Lipinski definition) is 1. The summed E-state index contributed by atoms with van der Waals surface area (Å²) in [6.45, 7) is 3.27. The molecule has 0 bridgehead atoms. The Hall–Kier alpha value is -3.13. The summed E-state index contributed by atoms with van der Waals surface area (Å²) in [6, 6.07) is 8.51. The number of nitrogens with one attached hydrogen (secondary N) is 1. The first kappa shape index (κ1) is 21.2. The van der Waals surface area contributed by atoms with E-state index in [2.05, 4.69) is 5.32 Å². The summed E-state index contributed by atoms with van der Waals surface area (Å²) < 4.78 is 15.7. The summed E-state index contributed by atoms with van der Waals surface area (Å²) in [5, 5.41) is 3.87. The van der Waals surface area contributed by atoms with E-state index in [-0.39, 0.29) is 6.10 Å². The maximum absolute atomic E-state index is 11.8. The molecular formula is C20H21NO6S. The standard InChI is InChI=1S/C20H21NO6S/c1-13(2)27-15-8-6-14(11-16(15)25-3)7-9-19(23)26-12-18(22)21-20(24)17-5-4-10-28-17/h4-11,13H,12H2,1-3H3,(H,21,22,24)/b9-7+. The number of benzene rings is 1. The van der Waals surface area contributed by atoms with Crippen LogP contribution in [0.25, 0.3) is 6.08 Å². The summed E-state index contributed by atoms with van der Waals surface area (Å²) in [5.41, 5.74) is 0.697. The van der Waals surface area contributed by atoms with Crippen LogP contribution < -0.4 is 14.8 Å². The molecule has 0 fully saturated rings. The van der Waals surface area contributed by atoms with Crippen LogP contribution in [0, 0.1) is 0 Å². The molecular weight excluding hydrogens is 382 g/mol. The first-order valence-corrected chi connectivity index (χ1v) is 9.34. The lowest BCUT2D eigenvalue weighted by atomic mass is 10.2. The minimum absolute atomic E-state index is 0.00288. The van der Waals surface area contributed by atoms with E-state index in [1.807, 2.05) is 13.8 Å². The molecule has 148 valence electrons. The van der Waals surface area contributed by atoms with Crippen LogP contribution in [0.15, 0.2) is 41.8 Å². The molecule has 2 rings (SSSR count). The lowest BCUT2D eigenvalue weighted by Gasteiger charge is -2.13. The summed E-state index contributed by atoms with van der Waals surface area (Å²) in [5.74, 6) is -0.792. The first-order chi connectivity index (χ1) is 13.4. The number of hydrogen-bond acceptors (Lipinski definition) is 7. The zero-order valence-electron chi connectivity index (χ0n) is 15.8. The van der Waals surface area contributed by atoms with E-state index in [4.69, 9.17) is 14.2 Å². The normalized spacial score (nSPS) is 10.7. The number of ether oxygens (including phenoxy) is 3. The maximum atomic E-state index is 11.8. The number of imide groups is 1. The topological polar surface area (TPSA) is 90.9 Å². The van der Waals surface area contributed by atoms with E-state index in [9.17, 15) is 14.4 Å². The molecule has 0 atom stereocenters. The first-order valence-electron chi connectivity index (χ1n) is 8.46. The maximum Gasteiger partial charge on any atom is 0.331 e. The minimum Gasteiger partial charge on any atom is -0.493 e. The zero-order valence-corrected chi connectivity index (χ0v) is 16.6. The fraction of sp³-hybridized carbons (Fsp3) is 0.250. The Bertz CT molecular complexity index is 858. The zero-order chi connectivity index (χ0) is 20.5. The summed E-state index contributed by atoms with van der Waals surface area (Å²) in [6.07, 6.45) is 2.72. The monoisotopic (exact) mass is 403 g/mol. The van der Waals surface area contributed by atoms with Gasteiger partial charge in [-0.05, 0) is 49.1 Å². The SMILES string of the molecule is COc1cc(/C=C/C(=O)OCC(=O)NC(=O)c2cccs2)ccc1OC(C)C. The Morgan fingerprint density at radius 2 is 1.96 bits per heavy atom. The Balaban J connectivity index is 1.86. The van der Waals surface area contributed by atoms with E-state index in [0.29, 0.717) is 21.9 Å². The van der Waals surface area contributed by atoms with Gasteiger partial charge in [-0.1, -0.05) is 12.1 Å². The van der Waals surface area contributed by atoms with Crippen molar-refractivity contribution in [3.05, 3.63) is 52.2 Å². The summed E-state index contributed by atoms with van der Waals surface area (Å²) >= 11 is 1.21. The third-order valence-corrected chi connectivity index (χ3v) is 4.17. The third-order valence-electron chi connectivity index (χ3n) is 3.31. The van der Waals surface area contributed by atoms with Gasteiger partial charge in [0.2, 0.25) is 0 Å². The quantitative estimate of drug-likeness (QED) is 0.538. The van der Waals surface area contributed by atoms with Gasteiger partial charge in [-0.2, -0.15) is 0 Å². The number of thiophene rings is 1. The van der Waals surface area contributed by atoms with Crippen molar-refractivity contribution in [3.63, 3.8) is 0 Å². The molecule has 1 aromatic heterocycles. The second kappa shape index (κ2) is 10.3. The lowest BCUT2D eigenvalue weighted by molar-refractivity contribution is -0.143. The number of esters is 1. The molecule has 1 heterocycles. The van der Waals surface area contributed by atoms with E-state index in [1.165, 1.54) is 30.6 Å². The van der Waals surface area contributed by atoms with Crippen molar-refractivity contribution in [2.75, 3.05) is 13.7 Å². The highest BCUT2D eigenvalue weighted by Gasteiger charge is 2.12. The molecule has 2 aromatic rings. The van der Waals surface area contributed by atoms with Gasteiger partial charge < -0.3 is 14.2 Å². The molecule has 1 N–H and O–H groups in total. The van der Waals surface area contributed by atoms with Gasteiger partial charge in [0.25, 0.3) is 11.8 Å². The second-order valence-electron chi connectivity index (χ2n) is 5.87. The molecule has 0 spiro atoms. The highest BCUT2D eigenvalue weighted by molar-refractivity contribution is 7.12. The molecule has 0 saturated heterocycles. The van der Waals surface area contributed by atoms with Crippen LogP contribution in [0.3, 0.4) is 0 Å². The molecule has 8 heteroatoms. The molecule has 0 aliphatic carbocycles. The van der Waals surface area contributed by atoms with Gasteiger partial charge in [0.1, 0.15) is 0 Å². The molecule has 7 nitrogen and oxygen atoms in total. The number of methoxy groups -OCH3 is 1. The van der Waals surface area contributed by atoms with Crippen molar-refractivity contribution in [3.8, 4) is 11.5 Å². The number of carbonyl (C=O) groups is 3. The summed E-state index contributed by atoms with van der Waals surface area (Å²) in [4.78, 5) is 35.6. The Morgan fingerprint density at radius 1 is 1.18 bits per heavy atom. The van der Waals surface area contributed by atoms with Gasteiger partial charge in [0.15, 0.2) is 18.1 Å². The molecule has 2 amide bonds. The van der Waals surface area contributed by atoms with Crippen LogP contribution >= 0.6 is 11.3 Å². The average molecular weight is 403 g/mol. The van der Waals surface area contributed by atoms with E-state index < -0.39 is 24.4 Å². The van der Waals surface area contributed by atoms with Gasteiger partial charge in [-0.25, -0.2) is 4.79 Å². The molecule has 0 aliphatic rings. The van der Waals surface area contributed by atoms with E-state index >= 15 is 0 Å². The highest BCUT2D eigenvalue weighted by Crippen LogP contribution is 2.29. The highest BCUT2D eigenvalue weighted by atomic mass is 32.1. The fourth-order valence-corrected chi connectivity index (χ4v) is 2.74. The summed E-state index contributed by atoms with van der Waals surface area (Å²) in [7, 11) is 1.53. The van der Waals surface area contributed by atoms with Crippen LogP contribution in [0.2, 0.25) is 0 Å². The molecule has 0 radical (unpaired) electrons. The van der Waals surface area contributed by atoms with E-state index in [0.717, 1.165) is 0 Å². The van der Waals surface area contributed by atoms with Crippen molar-refractivity contribution >= 4 is 35.2 Å². The van der Waals surface area contributed by atoms with Crippen molar-refractivity contribution in [1.29, 1.82) is 0 Å². The van der Waals surface area contributed by atoms with Crippen LogP contribution in [0.5, 0.6) is 11.5 Å². The number of carbonyl (C=O) groups excluding carboxylic acids is 3. The molecule has 0 aliphatic heterocycles. The number of amides is 2. The third kappa shape index (κ3) is 6.55. The van der Waals surface area contributed by atoms with Crippen molar-refractivity contribution in [2.24, 2.45) is 0 Å². The van der Waals surface area contributed by atoms with Gasteiger partial charge in [0.05, 0.1) is 18.1 Å². The minimum atomic E-state index is -0.708. The smallest absolute Gasteiger partial charge is 0.331 e. The van der Waals surface area contributed by atoms with Gasteiger partial charge in [-0.3, -0.25) is 14.9 Å². The lowest BCUT2D eigenvalue weighted by Crippen LogP contribution is -2.33. The van der Waals surface area contributed by atoms with Crippen LogP contribution in [0.4, 0.5) is 0 Å². The Labute approximate surface area is 166 Å². The molecule has 0 unspecified atom stereocenters. The largest absolute Gasteiger partial charge is 0.493 e. The number of rotatable bonds is 8. The van der Waals surface area contributed by atoms with Crippen molar-refractivity contribution in [2.45, 2.75) is 20.0 Å². The average Bonchev–Trinajstić information content (AvgIpc) is 3.20. The van der Waals surface area contributed by atoms with Gasteiger partial charge >= 0.3 is 5.97 Å². The Kier molecular flexibility index (Phi) is 7.76. The molecule has 0 saturated carbocycles. The fourth-order valence-electron chi connectivity index (χ4n) is 2.12. The van der Waals surface area contributed by atoms with Crippen molar-refractivity contribution < 1.29 is 28.6 Å². The molecule has 1 aromatic carbocycles. The predicted octanol–water partition coefficient (Wildman–Crippen LogP) is 3.06. The molecule has 28 heavy (non-hydrogen) atoms. The van der Waals surface area contributed by atoms with Crippen LogP contribution in [-0.4, -0.2) is 37.6 Å². The van der Waals surface area contributed by atoms with Gasteiger partial charge in [0, 0.05) is 6.08 Å². The van der Waals surface area contributed by atoms with E-state index in [1.54, 1.807) is 35.7 Å². The predicted molar refractivity (Wildman–Crippen MR) is 106 cm³/mol. The van der Waals surface area contributed by atoms with Crippen molar-refractivity contribution in [1.82, 2.24) is 5.32 Å². The Morgan fingerprint density at radius 3 is 2.61 bits per heavy atom. The van der Waals surface area contributed by atoms with Gasteiger partial charge in [-0.15, -0.1) is 11.3 Å².